The first-order chi connectivity index (χ1) is 9.97. The van der Waals surface area contributed by atoms with Crippen molar-refractivity contribution in [2.75, 3.05) is 0 Å². The van der Waals surface area contributed by atoms with Crippen molar-refractivity contribution in [1.29, 1.82) is 0 Å². The SMILES string of the molecule is C=CC(C)(O)C([NH3+])(Cc1ccccc1)Cc1ccccc1.[Cl-]. The highest BCUT2D eigenvalue weighted by Gasteiger charge is 2.45. The van der Waals surface area contributed by atoms with Crippen LogP contribution in [0, 0.1) is 0 Å². The van der Waals surface area contributed by atoms with Crippen molar-refractivity contribution < 1.29 is 23.2 Å². The molecule has 22 heavy (non-hydrogen) atoms. The highest BCUT2D eigenvalue weighted by Crippen LogP contribution is 2.27. The third-order valence-corrected chi connectivity index (χ3v) is 4.24. The van der Waals surface area contributed by atoms with Crippen LogP contribution < -0.4 is 18.1 Å². The second-order valence-electron chi connectivity index (χ2n) is 5.96. The third-order valence-electron chi connectivity index (χ3n) is 4.24. The maximum absolute atomic E-state index is 10.8. The Morgan fingerprint density at radius 1 is 0.955 bits per heavy atom. The molecule has 0 aliphatic carbocycles. The predicted molar refractivity (Wildman–Crippen MR) is 86.7 cm³/mol. The first kappa shape index (κ1) is 18.4. The highest BCUT2D eigenvalue weighted by atomic mass is 35.5. The van der Waals surface area contributed by atoms with Crippen LogP contribution >= 0.6 is 0 Å². The lowest BCUT2D eigenvalue weighted by Crippen LogP contribution is -3.00. The molecule has 1 atom stereocenters. The second-order valence-corrected chi connectivity index (χ2v) is 5.96. The Labute approximate surface area is 139 Å². The molecule has 3 heteroatoms. The molecule has 0 saturated heterocycles. The molecule has 2 aromatic rings. The Morgan fingerprint density at radius 2 is 1.32 bits per heavy atom. The lowest BCUT2D eigenvalue weighted by molar-refractivity contribution is -0.506. The number of hydrogen-bond acceptors (Lipinski definition) is 1. The predicted octanol–water partition coefficient (Wildman–Crippen LogP) is -0.606. The normalized spacial score (nSPS) is 13.8. The molecule has 118 valence electrons. The van der Waals surface area contributed by atoms with E-state index in [1.165, 1.54) is 11.1 Å². The minimum absolute atomic E-state index is 0. The molecule has 2 nitrogen and oxygen atoms in total. The molecular formula is C19H24ClNO. The minimum Gasteiger partial charge on any atom is -1.00 e. The van der Waals surface area contributed by atoms with Gasteiger partial charge in [-0.05, 0) is 18.1 Å². The van der Waals surface area contributed by atoms with Crippen LogP contribution in [0.15, 0.2) is 73.3 Å². The molecule has 0 bridgehead atoms. The molecule has 2 aromatic carbocycles. The quantitative estimate of drug-likeness (QED) is 0.686. The summed E-state index contributed by atoms with van der Waals surface area (Å²) in [7, 11) is 0. The van der Waals surface area contributed by atoms with Crippen LogP contribution in [-0.2, 0) is 12.8 Å². The average molecular weight is 318 g/mol. The lowest BCUT2D eigenvalue weighted by Gasteiger charge is -2.37. The first-order valence-electron chi connectivity index (χ1n) is 7.26. The van der Waals surface area contributed by atoms with E-state index in [4.69, 9.17) is 0 Å². The summed E-state index contributed by atoms with van der Waals surface area (Å²) in [6.45, 7) is 5.58. The number of rotatable bonds is 6. The average Bonchev–Trinajstić information content (AvgIpc) is 2.49. The van der Waals surface area contributed by atoms with Crippen LogP contribution in [0.2, 0.25) is 0 Å². The summed E-state index contributed by atoms with van der Waals surface area (Å²) in [4.78, 5) is 0. The topological polar surface area (TPSA) is 47.9 Å². The summed E-state index contributed by atoms with van der Waals surface area (Å²) in [5, 5.41) is 10.8. The number of hydrogen-bond donors (Lipinski definition) is 2. The van der Waals surface area contributed by atoms with Crippen LogP contribution in [0.5, 0.6) is 0 Å². The van der Waals surface area contributed by atoms with Crippen molar-refractivity contribution in [1.82, 2.24) is 0 Å². The van der Waals surface area contributed by atoms with Crippen molar-refractivity contribution in [2.45, 2.75) is 30.9 Å². The van der Waals surface area contributed by atoms with E-state index < -0.39 is 11.1 Å². The van der Waals surface area contributed by atoms with Crippen LogP contribution in [-0.4, -0.2) is 16.2 Å². The van der Waals surface area contributed by atoms with Crippen LogP contribution in [0.4, 0.5) is 0 Å². The zero-order valence-electron chi connectivity index (χ0n) is 13.0. The molecule has 0 amide bonds. The summed E-state index contributed by atoms with van der Waals surface area (Å²) in [5.41, 5.74) is 5.12. The van der Waals surface area contributed by atoms with Crippen LogP contribution in [0.1, 0.15) is 18.1 Å². The second kappa shape index (κ2) is 7.59. The van der Waals surface area contributed by atoms with Gasteiger partial charge in [-0.3, -0.25) is 0 Å². The summed E-state index contributed by atoms with van der Waals surface area (Å²) in [6.07, 6.45) is 3.00. The van der Waals surface area contributed by atoms with E-state index in [9.17, 15) is 5.11 Å². The molecule has 1 unspecified atom stereocenters. The van der Waals surface area contributed by atoms with E-state index >= 15 is 0 Å². The smallest absolute Gasteiger partial charge is 0.135 e. The molecule has 0 aliphatic rings. The van der Waals surface area contributed by atoms with Gasteiger partial charge in [-0.25, -0.2) is 0 Å². The van der Waals surface area contributed by atoms with Crippen molar-refractivity contribution in [2.24, 2.45) is 0 Å². The maximum Gasteiger partial charge on any atom is 0.135 e. The molecule has 0 radical (unpaired) electrons. The van der Waals surface area contributed by atoms with Gasteiger partial charge in [0.05, 0.1) is 0 Å². The van der Waals surface area contributed by atoms with Crippen LogP contribution in [0.25, 0.3) is 0 Å². The van der Waals surface area contributed by atoms with Gasteiger partial charge in [0.1, 0.15) is 11.1 Å². The monoisotopic (exact) mass is 317 g/mol. The number of quaternary nitrogens is 1. The van der Waals surface area contributed by atoms with Crippen molar-refractivity contribution >= 4 is 0 Å². The van der Waals surface area contributed by atoms with Gasteiger partial charge in [0.2, 0.25) is 0 Å². The Kier molecular flexibility index (Phi) is 6.36. The molecule has 0 spiro atoms. The van der Waals surface area contributed by atoms with Gasteiger partial charge in [0, 0.05) is 12.8 Å². The zero-order chi connectivity index (χ0) is 15.3. The van der Waals surface area contributed by atoms with Gasteiger partial charge < -0.3 is 23.2 Å². The van der Waals surface area contributed by atoms with E-state index in [0.29, 0.717) is 12.8 Å². The number of aliphatic hydroxyl groups is 1. The van der Waals surface area contributed by atoms with Crippen molar-refractivity contribution in [3.05, 3.63) is 84.4 Å². The third kappa shape index (κ3) is 4.20. The Bertz CT molecular complexity index is 539. The van der Waals surface area contributed by atoms with E-state index in [1.807, 2.05) is 36.4 Å². The van der Waals surface area contributed by atoms with Gasteiger partial charge in [-0.1, -0.05) is 66.7 Å². The number of benzene rings is 2. The molecule has 0 aliphatic heterocycles. The fraction of sp³-hybridized carbons (Fsp3) is 0.263. The van der Waals surface area contributed by atoms with Gasteiger partial charge in [-0.15, -0.1) is 6.58 Å². The lowest BCUT2D eigenvalue weighted by atomic mass is 9.73. The summed E-state index contributed by atoms with van der Waals surface area (Å²) in [6, 6.07) is 20.3. The van der Waals surface area contributed by atoms with Gasteiger partial charge in [0.15, 0.2) is 0 Å². The largest absolute Gasteiger partial charge is 1.00 e. The fourth-order valence-corrected chi connectivity index (χ4v) is 2.61. The first-order valence-corrected chi connectivity index (χ1v) is 7.26. The van der Waals surface area contributed by atoms with Gasteiger partial charge in [0.25, 0.3) is 0 Å². The molecule has 0 aromatic heterocycles. The van der Waals surface area contributed by atoms with E-state index in [-0.39, 0.29) is 12.4 Å². The molecule has 0 heterocycles. The highest BCUT2D eigenvalue weighted by molar-refractivity contribution is 5.25. The van der Waals surface area contributed by atoms with Crippen molar-refractivity contribution in [3.63, 3.8) is 0 Å². The molecule has 2 rings (SSSR count). The zero-order valence-corrected chi connectivity index (χ0v) is 13.8. The van der Waals surface area contributed by atoms with E-state index in [0.717, 1.165) is 0 Å². The maximum atomic E-state index is 10.8. The Morgan fingerprint density at radius 3 is 1.64 bits per heavy atom. The van der Waals surface area contributed by atoms with Crippen LogP contribution in [0.3, 0.4) is 0 Å². The van der Waals surface area contributed by atoms with Crippen molar-refractivity contribution in [3.8, 4) is 0 Å². The van der Waals surface area contributed by atoms with Gasteiger partial charge >= 0.3 is 0 Å². The number of halogens is 1. The van der Waals surface area contributed by atoms with Gasteiger partial charge in [-0.2, -0.15) is 0 Å². The Balaban J connectivity index is 0.00000242. The molecule has 0 saturated carbocycles. The Hall–Kier alpha value is -1.61. The summed E-state index contributed by atoms with van der Waals surface area (Å²) in [5.74, 6) is 0. The van der Waals surface area contributed by atoms with E-state index in [2.05, 4.69) is 36.6 Å². The molecule has 0 fully saturated rings. The fourth-order valence-electron chi connectivity index (χ4n) is 2.61. The standard InChI is InChI=1S/C19H23NO.ClH/c1-3-18(2,21)19(20,14-16-10-6-4-7-11-16)15-17-12-8-5-9-13-17;/h3-13,21H,1,14-15,20H2,2H3;1H. The molecule has 4 N–H and O–H groups in total. The summed E-state index contributed by atoms with van der Waals surface area (Å²) >= 11 is 0. The van der Waals surface area contributed by atoms with E-state index in [1.54, 1.807) is 13.0 Å². The molecular weight excluding hydrogens is 294 g/mol. The minimum atomic E-state index is -1.04. The summed E-state index contributed by atoms with van der Waals surface area (Å²) < 4.78 is 0.